The van der Waals surface area contributed by atoms with Gasteiger partial charge in [-0.25, -0.2) is 13.2 Å². The number of rotatable bonds is 13. The topological polar surface area (TPSA) is 171 Å². The number of hydrogen-bond acceptors (Lipinski definition) is 7. The molecule has 4 N–H and O–H groups in total. The molecule has 50 heavy (non-hydrogen) atoms. The van der Waals surface area contributed by atoms with Gasteiger partial charge in [0.1, 0.15) is 12.1 Å². The average molecular weight is 720 g/mol. The SMILES string of the molecule is CC(C)(C)[C@H](NC(=O)NC1(CS(=O)(=O)C(C)(C)C)CCCCC1)C(=O)N1C[C@H]2[C@@H](C1C(=O)N[C@@H](CCC1CC1)C(=O)C(=O)NC1CC1)C2(C)C. The minimum absolute atomic E-state index is 0.0112. The van der Waals surface area contributed by atoms with Crippen LogP contribution >= 0.6 is 0 Å². The van der Waals surface area contributed by atoms with E-state index in [1.165, 1.54) is 0 Å². The molecule has 4 saturated carbocycles. The molecule has 4 aliphatic carbocycles. The van der Waals surface area contributed by atoms with Crippen molar-refractivity contribution in [2.75, 3.05) is 12.3 Å². The fraction of sp³-hybridized carbons (Fsp3) is 0.865. The zero-order valence-corrected chi connectivity index (χ0v) is 32.3. The Bertz CT molecular complexity index is 1470. The van der Waals surface area contributed by atoms with Crippen LogP contribution in [0.2, 0.25) is 0 Å². The lowest BCUT2D eigenvalue weighted by molar-refractivity contribution is -0.145. The Hall–Kier alpha value is -2.70. The van der Waals surface area contributed by atoms with E-state index in [2.05, 4.69) is 35.1 Å². The normalized spacial score (nSPS) is 27.0. The number of Topliss-reactive ketones (excluding diaryl/α,β-unsaturated/α-hetero) is 1. The number of nitrogens with zero attached hydrogens (tertiary/aromatic N) is 1. The molecule has 5 rings (SSSR count). The summed E-state index contributed by atoms with van der Waals surface area (Å²) in [7, 11) is -3.56. The van der Waals surface area contributed by atoms with Gasteiger partial charge in [-0.3, -0.25) is 19.2 Å². The molecule has 1 saturated heterocycles. The number of amides is 5. The van der Waals surface area contributed by atoms with E-state index in [-0.39, 0.29) is 29.0 Å². The van der Waals surface area contributed by atoms with E-state index < -0.39 is 73.2 Å². The Morgan fingerprint density at radius 3 is 2.04 bits per heavy atom. The smallest absolute Gasteiger partial charge is 0.315 e. The third-order valence-corrected chi connectivity index (χ3v) is 14.9. The van der Waals surface area contributed by atoms with Crippen LogP contribution in [-0.4, -0.2) is 89.6 Å². The Morgan fingerprint density at radius 1 is 0.880 bits per heavy atom. The predicted octanol–water partition coefficient (Wildman–Crippen LogP) is 3.62. The van der Waals surface area contributed by atoms with Gasteiger partial charge in [-0.15, -0.1) is 0 Å². The molecule has 0 aromatic carbocycles. The lowest BCUT2D eigenvalue weighted by Gasteiger charge is -2.41. The van der Waals surface area contributed by atoms with Gasteiger partial charge in [0.25, 0.3) is 5.91 Å². The van der Waals surface area contributed by atoms with E-state index in [9.17, 15) is 32.4 Å². The summed E-state index contributed by atoms with van der Waals surface area (Å²) in [6.45, 7) is 15.0. The van der Waals surface area contributed by atoms with Crippen LogP contribution in [0.25, 0.3) is 0 Å². The lowest BCUT2D eigenvalue weighted by Crippen LogP contribution is -2.64. The summed E-state index contributed by atoms with van der Waals surface area (Å²) in [6.07, 6.45) is 8.52. The lowest BCUT2D eigenvalue weighted by atomic mass is 9.83. The number of hydrogen-bond donors (Lipinski definition) is 4. The number of carbonyl (C=O) groups is 5. The highest BCUT2D eigenvalue weighted by atomic mass is 32.2. The third kappa shape index (κ3) is 8.49. The summed E-state index contributed by atoms with van der Waals surface area (Å²) in [4.78, 5) is 70.1. The van der Waals surface area contributed by atoms with E-state index in [1.807, 2.05) is 20.8 Å². The fourth-order valence-electron chi connectivity index (χ4n) is 8.13. The first-order chi connectivity index (χ1) is 23.1. The van der Waals surface area contributed by atoms with Crippen molar-refractivity contribution in [3.8, 4) is 0 Å². The minimum atomic E-state index is -3.56. The van der Waals surface area contributed by atoms with E-state index in [0.29, 0.717) is 31.7 Å². The van der Waals surface area contributed by atoms with E-state index in [0.717, 1.165) is 51.4 Å². The molecule has 5 atom stereocenters. The minimum Gasteiger partial charge on any atom is -0.347 e. The first kappa shape index (κ1) is 38.5. The molecule has 282 valence electrons. The highest BCUT2D eigenvalue weighted by molar-refractivity contribution is 7.92. The van der Waals surface area contributed by atoms with Crippen molar-refractivity contribution in [3.63, 3.8) is 0 Å². The monoisotopic (exact) mass is 719 g/mol. The maximum Gasteiger partial charge on any atom is 0.315 e. The van der Waals surface area contributed by atoms with Crippen molar-refractivity contribution >= 4 is 39.4 Å². The number of piperidine rings is 1. The zero-order valence-electron chi connectivity index (χ0n) is 31.4. The Balaban J connectivity index is 1.33. The summed E-state index contributed by atoms with van der Waals surface area (Å²) < 4.78 is 25.7. The highest BCUT2D eigenvalue weighted by Crippen LogP contribution is 2.65. The van der Waals surface area contributed by atoms with E-state index in [1.54, 1.807) is 25.7 Å². The van der Waals surface area contributed by atoms with Crippen molar-refractivity contribution in [2.24, 2.45) is 28.6 Å². The summed E-state index contributed by atoms with van der Waals surface area (Å²) in [5.41, 5.74) is -1.89. The van der Waals surface area contributed by atoms with Crippen LogP contribution < -0.4 is 21.3 Å². The predicted molar refractivity (Wildman–Crippen MR) is 191 cm³/mol. The fourth-order valence-corrected chi connectivity index (χ4v) is 9.65. The molecule has 1 aliphatic heterocycles. The van der Waals surface area contributed by atoms with Crippen LogP contribution in [0.1, 0.15) is 126 Å². The number of carbonyl (C=O) groups excluding carboxylic acids is 5. The molecule has 0 aromatic heterocycles. The quantitative estimate of drug-likeness (QED) is 0.211. The summed E-state index contributed by atoms with van der Waals surface area (Å²) in [5.74, 6) is -1.92. The molecule has 0 bridgehead atoms. The number of urea groups is 1. The maximum atomic E-state index is 14.5. The second-order valence-corrected chi connectivity index (χ2v) is 21.4. The first-order valence-electron chi connectivity index (χ1n) is 18.8. The van der Waals surface area contributed by atoms with Crippen LogP contribution in [0.15, 0.2) is 0 Å². The van der Waals surface area contributed by atoms with Gasteiger partial charge < -0.3 is 26.2 Å². The molecule has 12 nitrogen and oxygen atoms in total. The van der Waals surface area contributed by atoms with Crippen LogP contribution in [0.3, 0.4) is 0 Å². The van der Waals surface area contributed by atoms with Crippen LogP contribution in [0.4, 0.5) is 4.79 Å². The van der Waals surface area contributed by atoms with Crippen LogP contribution in [0.5, 0.6) is 0 Å². The van der Waals surface area contributed by atoms with Crippen molar-refractivity contribution in [2.45, 2.75) is 160 Å². The Labute approximate surface area is 298 Å². The van der Waals surface area contributed by atoms with Crippen molar-refractivity contribution in [1.82, 2.24) is 26.2 Å². The van der Waals surface area contributed by atoms with Gasteiger partial charge in [-0.2, -0.15) is 0 Å². The number of fused-ring (bicyclic) bond motifs is 1. The zero-order chi connectivity index (χ0) is 37.0. The largest absolute Gasteiger partial charge is 0.347 e. The molecule has 5 amide bonds. The molecular formula is C37H61N5O7S. The number of nitrogens with one attached hydrogen (secondary N) is 4. The molecule has 0 spiro atoms. The van der Waals surface area contributed by atoms with Crippen LogP contribution in [0, 0.1) is 28.6 Å². The highest BCUT2D eigenvalue weighted by Gasteiger charge is 2.70. The number of ketones is 1. The third-order valence-electron chi connectivity index (χ3n) is 12.1. The van der Waals surface area contributed by atoms with Gasteiger partial charge in [-0.05, 0) is 87.9 Å². The molecule has 5 fully saturated rings. The molecule has 5 aliphatic rings. The standard InChI is InChI=1S/C37H61N5O7S/c1-34(2,3)29(40-33(47)41-37(18-10-9-11-19-37)21-50(48,49)35(4,5)6)32(46)42-20-24-26(36(24,7)8)27(42)30(44)39-25(17-14-22-12-13-22)28(43)31(45)38-23-15-16-23/h22-27,29H,9-21H2,1-8H3,(H,38,45)(H,39,44)(H2,40,41,47)/t24-,25-,26-,27?,29+/m0/s1. The summed E-state index contributed by atoms with van der Waals surface area (Å²) in [6, 6.07) is -3.45. The number of likely N-dealkylation sites (tertiary alicyclic amines) is 1. The molecule has 13 heteroatoms. The summed E-state index contributed by atoms with van der Waals surface area (Å²) in [5, 5.41) is 11.6. The molecule has 1 heterocycles. The second-order valence-electron chi connectivity index (χ2n) is 18.7. The Kier molecular flexibility index (Phi) is 10.6. The Morgan fingerprint density at radius 2 is 1.50 bits per heavy atom. The average Bonchev–Trinajstić information content (AvgIpc) is 3.95. The van der Waals surface area contributed by atoms with Gasteiger partial charge in [-0.1, -0.05) is 66.7 Å². The van der Waals surface area contributed by atoms with Crippen LogP contribution in [-0.2, 0) is 29.0 Å². The van der Waals surface area contributed by atoms with Gasteiger partial charge in [0.2, 0.25) is 17.6 Å². The van der Waals surface area contributed by atoms with E-state index in [4.69, 9.17) is 0 Å². The van der Waals surface area contributed by atoms with Gasteiger partial charge in [0.15, 0.2) is 9.84 Å². The first-order valence-corrected chi connectivity index (χ1v) is 20.5. The molecule has 0 radical (unpaired) electrons. The van der Waals surface area contributed by atoms with E-state index >= 15 is 0 Å². The molecule has 0 aromatic rings. The van der Waals surface area contributed by atoms with Crippen molar-refractivity contribution < 1.29 is 32.4 Å². The molecule has 1 unspecified atom stereocenters. The number of sulfone groups is 1. The van der Waals surface area contributed by atoms with Crippen molar-refractivity contribution in [1.29, 1.82) is 0 Å². The molecular weight excluding hydrogens is 659 g/mol. The van der Waals surface area contributed by atoms with Crippen molar-refractivity contribution in [3.05, 3.63) is 0 Å². The van der Waals surface area contributed by atoms with Gasteiger partial charge in [0.05, 0.1) is 22.1 Å². The van der Waals surface area contributed by atoms with Gasteiger partial charge in [0, 0.05) is 12.6 Å². The second kappa shape index (κ2) is 13.7. The van der Waals surface area contributed by atoms with Gasteiger partial charge >= 0.3 is 6.03 Å². The maximum absolute atomic E-state index is 14.5. The summed E-state index contributed by atoms with van der Waals surface area (Å²) >= 11 is 0.